The van der Waals surface area contributed by atoms with Crippen molar-refractivity contribution in [3.8, 4) is 0 Å². The Bertz CT molecular complexity index is 1080. The molecule has 2 aromatic carbocycles. The number of piperidine rings is 1. The minimum Gasteiger partial charge on any atom is -0.388 e. The first-order valence-corrected chi connectivity index (χ1v) is 10.7. The quantitative estimate of drug-likeness (QED) is 0.641. The Balaban J connectivity index is 1.34. The first-order valence-electron chi connectivity index (χ1n) is 8.89. The van der Waals surface area contributed by atoms with Gasteiger partial charge >= 0.3 is 0 Å². The van der Waals surface area contributed by atoms with Gasteiger partial charge in [-0.05, 0) is 30.3 Å². The van der Waals surface area contributed by atoms with Crippen molar-refractivity contribution in [2.24, 2.45) is 5.16 Å². The van der Waals surface area contributed by atoms with Crippen LogP contribution in [0.15, 0.2) is 58.6 Å². The molecule has 0 spiro atoms. The molecular formula is C19H19ClN4O3S. The maximum atomic E-state index is 12.7. The Kier molecular flexibility index (Phi) is 5.34. The van der Waals surface area contributed by atoms with Gasteiger partial charge in [0.25, 0.3) is 0 Å². The van der Waals surface area contributed by atoms with Crippen LogP contribution in [0.2, 0.25) is 5.02 Å². The molecule has 28 heavy (non-hydrogen) atoms. The average Bonchev–Trinajstić information content (AvgIpc) is 3.11. The Morgan fingerprint density at radius 3 is 2.68 bits per heavy atom. The van der Waals surface area contributed by atoms with Crippen molar-refractivity contribution in [1.82, 2.24) is 14.3 Å². The molecule has 1 saturated heterocycles. The van der Waals surface area contributed by atoms with E-state index in [1.807, 2.05) is 24.3 Å². The van der Waals surface area contributed by atoms with Crippen LogP contribution in [-0.2, 0) is 21.5 Å². The number of fused-ring (bicyclic) bond motifs is 1. The van der Waals surface area contributed by atoms with Gasteiger partial charge in [-0.1, -0.05) is 35.0 Å². The molecule has 1 N–H and O–H groups in total. The van der Waals surface area contributed by atoms with E-state index in [9.17, 15) is 8.42 Å². The highest BCUT2D eigenvalue weighted by molar-refractivity contribution is 7.89. The molecule has 7 nitrogen and oxygen atoms in total. The van der Waals surface area contributed by atoms with E-state index in [0.717, 1.165) is 16.7 Å². The highest BCUT2D eigenvalue weighted by atomic mass is 35.5. The number of benzene rings is 2. The average molecular weight is 419 g/mol. The zero-order chi connectivity index (χ0) is 19.6. The van der Waals surface area contributed by atoms with Crippen molar-refractivity contribution in [1.29, 1.82) is 0 Å². The molecule has 146 valence electrons. The third-order valence-electron chi connectivity index (χ3n) is 4.57. The summed E-state index contributed by atoms with van der Waals surface area (Å²) in [6.45, 7) is 0.964. The van der Waals surface area contributed by atoms with Gasteiger partial charge in [0.05, 0.1) is 21.6 Å². The smallest absolute Gasteiger partial charge is 0.243 e. The van der Waals surface area contributed by atoms with Crippen molar-refractivity contribution < 1.29 is 13.3 Å². The van der Waals surface area contributed by atoms with Gasteiger partial charge in [-0.25, -0.2) is 13.4 Å². The number of aromatic nitrogens is 2. The lowest BCUT2D eigenvalue weighted by Crippen LogP contribution is -2.38. The van der Waals surface area contributed by atoms with Gasteiger partial charge in [0.1, 0.15) is 5.82 Å². The van der Waals surface area contributed by atoms with Gasteiger partial charge in [-0.2, -0.15) is 4.31 Å². The largest absolute Gasteiger partial charge is 0.388 e. The number of aromatic amines is 1. The SMILES string of the molecule is O=S(=O)(c1cccc(Cl)c1)N1CCC(=NOCc2nc3ccccc3[nH]2)CC1. The molecule has 0 aliphatic carbocycles. The van der Waals surface area contributed by atoms with E-state index in [2.05, 4.69) is 15.1 Å². The molecule has 1 fully saturated rings. The van der Waals surface area contributed by atoms with Crippen LogP contribution < -0.4 is 0 Å². The number of nitrogens with zero attached hydrogens (tertiary/aromatic N) is 3. The second-order valence-electron chi connectivity index (χ2n) is 6.49. The monoisotopic (exact) mass is 418 g/mol. The van der Waals surface area contributed by atoms with E-state index in [-0.39, 0.29) is 11.5 Å². The second kappa shape index (κ2) is 7.90. The molecule has 0 amide bonds. The zero-order valence-corrected chi connectivity index (χ0v) is 16.6. The lowest BCUT2D eigenvalue weighted by Gasteiger charge is -2.26. The minimum absolute atomic E-state index is 0.210. The van der Waals surface area contributed by atoms with Gasteiger partial charge in [-0.15, -0.1) is 0 Å². The third-order valence-corrected chi connectivity index (χ3v) is 6.70. The van der Waals surface area contributed by atoms with E-state index in [1.54, 1.807) is 18.2 Å². The number of halogens is 1. The molecule has 0 radical (unpaired) electrons. The van der Waals surface area contributed by atoms with E-state index >= 15 is 0 Å². The summed E-state index contributed by atoms with van der Waals surface area (Å²) in [5, 5.41) is 4.57. The Hall–Kier alpha value is -2.42. The highest BCUT2D eigenvalue weighted by Gasteiger charge is 2.28. The summed E-state index contributed by atoms with van der Waals surface area (Å²) >= 11 is 5.92. The fraction of sp³-hybridized carbons (Fsp3) is 0.263. The fourth-order valence-electron chi connectivity index (χ4n) is 3.11. The molecule has 1 aromatic heterocycles. The van der Waals surface area contributed by atoms with Crippen LogP contribution in [0.5, 0.6) is 0 Å². The zero-order valence-electron chi connectivity index (χ0n) is 15.0. The van der Waals surface area contributed by atoms with E-state index in [1.165, 1.54) is 10.4 Å². The van der Waals surface area contributed by atoms with Gasteiger partial charge in [0, 0.05) is 31.0 Å². The summed E-state index contributed by atoms with van der Waals surface area (Å²) in [4.78, 5) is 13.2. The normalized spacial score (nSPS) is 15.7. The molecule has 0 bridgehead atoms. The molecular weight excluding hydrogens is 400 g/mol. The number of rotatable bonds is 5. The van der Waals surface area contributed by atoms with Crippen molar-refractivity contribution in [2.75, 3.05) is 13.1 Å². The second-order valence-corrected chi connectivity index (χ2v) is 8.87. The molecule has 1 aliphatic heterocycles. The highest BCUT2D eigenvalue weighted by Crippen LogP contribution is 2.22. The number of oxime groups is 1. The van der Waals surface area contributed by atoms with E-state index in [4.69, 9.17) is 16.4 Å². The minimum atomic E-state index is -3.55. The van der Waals surface area contributed by atoms with Gasteiger partial charge in [0.15, 0.2) is 6.61 Å². The van der Waals surface area contributed by atoms with Crippen molar-refractivity contribution in [3.05, 3.63) is 59.4 Å². The summed E-state index contributed by atoms with van der Waals surface area (Å²) in [5.74, 6) is 0.700. The maximum absolute atomic E-state index is 12.7. The van der Waals surface area contributed by atoms with Crippen LogP contribution in [0.4, 0.5) is 0 Å². The fourth-order valence-corrected chi connectivity index (χ4v) is 4.85. The number of H-pyrrole nitrogens is 1. The summed E-state index contributed by atoms with van der Waals surface area (Å²) in [6.07, 6.45) is 1.06. The van der Waals surface area contributed by atoms with Crippen LogP contribution in [0.25, 0.3) is 11.0 Å². The molecule has 9 heteroatoms. The number of nitrogens with one attached hydrogen (secondary N) is 1. The van der Waals surface area contributed by atoms with Crippen LogP contribution in [0.1, 0.15) is 18.7 Å². The van der Waals surface area contributed by atoms with Crippen LogP contribution in [-0.4, -0.2) is 41.5 Å². The van der Waals surface area contributed by atoms with Gasteiger partial charge in [0.2, 0.25) is 10.0 Å². The number of hydrogen-bond donors (Lipinski definition) is 1. The summed E-state index contributed by atoms with van der Waals surface area (Å²) in [7, 11) is -3.55. The summed E-state index contributed by atoms with van der Waals surface area (Å²) in [5.41, 5.74) is 2.68. The Morgan fingerprint density at radius 2 is 1.93 bits per heavy atom. The summed E-state index contributed by atoms with van der Waals surface area (Å²) in [6, 6.07) is 14.1. The number of para-hydroxylation sites is 2. The number of sulfonamides is 1. The molecule has 0 atom stereocenters. The first kappa shape index (κ1) is 18.9. The maximum Gasteiger partial charge on any atom is 0.243 e. The summed E-state index contributed by atoms with van der Waals surface area (Å²) < 4.78 is 26.9. The van der Waals surface area contributed by atoms with Crippen LogP contribution >= 0.6 is 11.6 Å². The van der Waals surface area contributed by atoms with Crippen LogP contribution in [0.3, 0.4) is 0 Å². The lowest BCUT2D eigenvalue weighted by molar-refractivity contribution is 0.123. The standard InChI is InChI=1S/C19H19ClN4O3S/c20-14-4-3-5-16(12-14)28(25,26)24-10-8-15(9-11-24)23-27-13-19-21-17-6-1-2-7-18(17)22-19/h1-7,12H,8-11,13H2,(H,21,22). The number of imidazole rings is 1. The number of hydrogen-bond acceptors (Lipinski definition) is 5. The van der Waals surface area contributed by atoms with E-state index in [0.29, 0.717) is 36.8 Å². The molecule has 0 unspecified atom stereocenters. The van der Waals surface area contributed by atoms with Crippen molar-refractivity contribution in [2.45, 2.75) is 24.3 Å². The van der Waals surface area contributed by atoms with Crippen LogP contribution in [0, 0.1) is 0 Å². The van der Waals surface area contributed by atoms with Gasteiger partial charge < -0.3 is 9.82 Å². The predicted octanol–water partition coefficient (Wildman–Crippen LogP) is 3.57. The Morgan fingerprint density at radius 1 is 1.14 bits per heavy atom. The first-order chi connectivity index (χ1) is 13.5. The topological polar surface area (TPSA) is 87.7 Å². The van der Waals surface area contributed by atoms with Crippen molar-refractivity contribution >= 4 is 38.4 Å². The lowest BCUT2D eigenvalue weighted by atomic mass is 10.1. The molecule has 3 aromatic rings. The van der Waals surface area contributed by atoms with E-state index < -0.39 is 10.0 Å². The Labute approximate surface area is 168 Å². The molecule has 4 rings (SSSR count). The molecule has 1 aliphatic rings. The third kappa shape index (κ3) is 4.04. The van der Waals surface area contributed by atoms with Gasteiger partial charge in [-0.3, -0.25) is 0 Å². The van der Waals surface area contributed by atoms with Crippen molar-refractivity contribution in [3.63, 3.8) is 0 Å². The molecule has 2 heterocycles. The molecule has 0 saturated carbocycles. The predicted molar refractivity (Wildman–Crippen MR) is 108 cm³/mol.